The van der Waals surface area contributed by atoms with Crippen LogP contribution in [-0.2, 0) is 4.79 Å². The maximum Gasteiger partial charge on any atom is 0.307 e. The first-order valence-electron chi connectivity index (χ1n) is 4.55. The number of carboxylic acid groups (broad SMARTS) is 1. The van der Waals surface area contributed by atoms with Crippen LogP contribution in [-0.4, -0.2) is 17.7 Å². The Morgan fingerprint density at radius 1 is 1.38 bits per heavy atom. The molecule has 0 amide bonds. The van der Waals surface area contributed by atoms with Gasteiger partial charge in [-0.25, -0.2) is 0 Å². The summed E-state index contributed by atoms with van der Waals surface area (Å²) in [7, 11) is 0. The maximum absolute atomic E-state index is 10.2. The summed E-state index contributed by atoms with van der Waals surface area (Å²) in [6.07, 6.45) is 3.11. The van der Waals surface area contributed by atoms with E-state index >= 15 is 0 Å². The molecule has 0 fully saturated rings. The molecule has 86 valence electrons. The van der Waals surface area contributed by atoms with Gasteiger partial charge >= 0.3 is 5.97 Å². The van der Waals surface area contributed by atoms with Gasteiger partial charge in [-0.1, -0.05) is 41.4 Å². The molecular weight excluding hydrogens is 251 g/mol. The van der Waals surface area contributed by atoms with Gasteiger partial charge in [-0.05, 0) is 12.1 Å². The van der Waals surface area contributed by atoms with E-state index in [9.17, 15) is 4.79 Å². The average Bonchev–Trinajstić information content (AvgIpc) is 2.23. The largest absolute Gasteiger partial charge is 0.488 e. The van der Waals surface area contributed by atoms with Gasteiger partial charge in [0.05, 0.1) is 11.4 Å². The van der Waals surface area contributed by atoms with Crippen molar-refractivity contribution < 1.29 is 14.6 Å². The van der Waals surface area contributed by atoms with Crippen LogP contribution in [0.2, 0.25) is 10.0 Å². The summed E-state index contributed by atoms with van der Waals surface area (Å²) in [5.41, 5.74) is 0. The molecule has 1 N–H and O–H groups in total. The molecule has 0 heterocycles. The van der Waals surface area contributed by atoms with Crippen LogP contribution < -0.4 is 4.74 Å². The highest BCUT2D eigenvalue weighted by Crippen LogP contribution is 2.31. The number of aliphatic carboxylic acids is 1. The van der Waals surface area contributed by atoms with E-state index in [0.29, 0.717) is 15.8 Å². The Balaban J connectivity index is 2.46. The number of rotatable bonds is 5. The molecule has 0 atom stereocenters. The van der Waals surface area contributed by atoms with Crippen LogP contribution in [0.3, 0.4) is 0 Å². The highest BCUT2D eigenvalue weighted by atomic mass is 35.5. The van der Waals surface area contributed by atoms with Crippen LogP contribution in [0.5, 0.6) is 5.75 Å². The molecule has 0 aliphatic heterocycles. The van der Waals surface area contributed by atoms with E-state index in [2.05, 4.69) is 0 Å². The van der Waals surface area contributed by atoms with Crippen molar-refractivity contribution in [2.24, 2.45) is 0 Å². The maximum atomic E-state index is 10.2. The fourth-order valence-electron chi connectivity index (χ4n) is 0.986. The number of hydrogen-bond acceptors (Lipinski definition) is 2. The number of carbonyl (C=O) groups is 1. The van der Waals surface area contributed by atoms with Crippen molar-refractivity contribution >= 4 is 29.2 Å². The fraction of sp³-hybridized carbons (Fsp3) is 0.182. The average molecular weight is 261 g/mol. The van der Waals surface area contributed by atoms with Crippen molar-refractivity contribution in [1.29, 1.82) is 0 Å². The second-order valence-corrected chi connectivity index (χ2v) is 3.72. The van der Waals surface area contributed by atoms with Crippen LogP contribution in [0.4, 0.5) is 0 Å². The van der Waals surface area contributed by atoms with Gasteiger partial charge in [0.25, 0.3) is 0 Å². The highest BCUT2D eigenvalue weighted by Gasteiger charge is 2.03. The minimum atomic E-state index is -0.878. The number of hydrogen-bond donors (Lipinski definition) is 1. The molecule has 1 aromatic rings. The van der Waals surface area contributed by atoms with Crippen molar-refractivity contribution in [2.75, 3.05) is 6.61 Å². The molecule has 1 rings (SSSR count). The number of halogens is 2. The summed E-state index contributed by atoms with van der Waals surface area (Å²) in [5, 5.41) is 9.16. The summed E-state index contributed by atoms with van der Waals surface area (Å²) in [5.74, 6) is -0.397. The van der Waals surface area contributed by atoms with Crippen molar-refractivity contribution in [3.8, 4) is 5.75 Å². The molecule has 0 bridgehead atoms. The molecule has 0 radical (unpaired) electrons. The zero-order chi connectivity index (χ0) is 12.0. The van der Waals surface area contributed by atoms with Crippen LogP contribution in [0, 0.1) is 0 Å². The van der Waals surface area contributed by atoms with E-state index < -0.39 is 5.97 Å². The van der Waals surface area contributed by atoms with E-state index in [1.165, 1.54) is 6.08 Å². The molecule has 3 nitrogen and oxygen atoms in total. The molecule has 0 aliphatic carbocycles. The lowest BCUT2D eigenvalue weighted by Crippen LogP contribution is -1.95. The first-order chi connectivity index (χ1) is 7.61. The zero-order valence-corrected chi connectivity index (χ0v) is 9.83. The molecule has 0 spiro atoms. The Morgan fingerprint density at radius 2 is 2.12 bits per heavy atom. The third kappa shape index (κ3) is 4.13. The Labute approximate surface area is 103 Å². The summed E-state index contributed by atoms with van der Waals surface area (Å²) in [4.78, 5) is 10.2. The van der Waals surface area contributed by atoms with Gasteiger partial charge in [0.2, 0.25) is 0 Å². The van der Waals surface area contributed by atoms with Crippen molar-refractivity contribution in [3.05, 3.63) is 40.4 Å². The third-order valence-corrected chi connectivity index (χ3v) is 2.51. The molecule has 0 saturated heterocycles. The summed E-state index contributed by atoms with van der Waals surface area (Å²) >= 11 is 11.7. The Hall–Kier alpha value is -1.19. The predicted octanol–water partition coefficient (Wildman–Crippen LogP) is 3.40. The van der Waals surface area contributed by atoms with Crippen molar-refractivity contribution in [2.45, 2.75) is 6.42 Å². The number of ether oxygens (including phenoxy) is 1. The quantitative estimate of drug-likeness (QED) is 0.826. The van der Waals surface area contributed by atoms with Gasteiger partial charge in [0, 0.05) is 0 Å². The Kier molecular flexibility index (Phi) is 5.15. The molecule has 5 heteroatoms. The first kappa shape index (κ1) is 12.9. The lowest BCUT2D eigenvalue weighted by atomic mass is 10.3. The SMILES string of the molecule is O=C(O)C/C=C/COc1cccc(Cl)c1Cl. The summed E-state index contributed by atoms with van der Waals surface area (Å²) < 4.78 is 5.30. The van der Waals surface area contributed by atoms with Gasteiger partial charge in [0.15, 0.2) is 0 Å². The molecule has 0 saturated carbocycles. The molecule has 0 aromatic heterocycles. The van der Waals surface area contributed by atoms with Crippen LogP contribution in [0.1, 0.15) is 6.42 Å². The van der Waals surface area contributed by atoms with Crippen molar-refractivity contribution in [3.63, 3.8) is 0 Å². The van der Waals surface area contributed by atoms with Crippen LogP contribution >= 0.6 is 23.2 Å². The van der Waals surface area contributed by atoms with Gasteiger partial charge in [-0.2, -0.15) is 0 Å². The summed E-state index contributed by atoms with van der Waals surface area (Å²) in [6, 6.07) is 5.08. The van der Waals surface area contributed by atoms with Crippen molar-refractivity contribution in [1.82, 2.24) is 0 Å². The van der Waals surface area contributed by atoms with Gasteiger partial charge < -0.3 is 9.84 Å². The first-order valence-corrected chi connectivity index (χ1v) is 5.30. The molecule has 0 aliphatic rings. The highest BCUT2D eigenvalue weighted by molar-refractivity contribution is 6.42. The van der Waals surface area contributed by atoms with E-state index in [1.54, 1.807) is 24.3 Å². The van der Waals surface area contributed by atoms with E-state index in [1.807, 2.05) is 0 Å². The van der Waals surface area contributed by atoms with Gasteiger partial charge in [-0.15, -0.1) is 0 Å². The fourth-order valence-corrected chi connectivity index (χ4v) is 1.33. The molecule has 16 heavy (non-hydrogen) atoms. The number of carboxylic acids is 1. The molecule has 0 unspecified atom stereocenters. The van der Waals surface area contributed by atoms with E-state index in [4.69, 9.17) is 33.0 Å². The lowest BCUT2D eigenvalue weighted by Gasteiger charge is -2.05. The predicted molar refractivity (Wildman–Crippen MR) is 63.3 cm³/mol. The van der Waals surface area contributed by atoms with Crippen LogP contribution in [0.25, 0.3) is 0 Å². The second-order valence-electron chi connectivity index (χ2n) is 2.93. The normalized spacial score (nSPS) is 10.6. The number of benzene rings is 1. The summed E-state index contributed by atoms with van der Waals surface area (Å²) in [6.45, 7) is 0.257. The second kappa shape index (κ2) is 6.40. The topological polar surface area (TPSA) is 46.5 Å². The Morgan fingerprint density at radius 3 is 2.81 bits per heavy atom. The Bertz CT molecular complexity index is 402. The minimum absolute atomic E-state index is 0.0212. The monoisotopic (exact) mass is 260 g/mol. The third-order valence-electron chi connectivity index (χ3n) is 1.71. The van der Waals surface area contributed by atoms with E-state index in [0.717, 1.165) is 0 Å². The van der Waals surface area contributed by atoms with Gasteiger partial charge in [0.1, 0.15) is 17.4 Å². The minimum Gasteiger partial charge on any atom is -0.488 e. The standard InChI is InChI=1S/C11H10Cl2O3/c12-8-4-3-5-9(11(8)13)16-7-2-1-6-10(14)15/h1-5H,6-7H2,(H,14,15)/b2-1+. The smallest absolute Gasteiger partial charge is 0.307 e. The molecule has 1 aromatic carbocycles. The van der Waals surface area contributed by atoms with Gasteiger partial charge in [-0.3, -0.25) is 4.79 Å². The zero-order valence-electron chi connectivity index (χ0n) is 8.32. The lowest BCUT2D eigenvalue weighted by molar-refractivity contribution is -0.136. The van der Waals surface area contributed by atoms with Crippen LogP contribution in [0.15, 0.2) is 30.4 Å². The van der Waals surface area contributed by atoms with E-state index in [-0.39, 0.29) is 13.0 Å². The molecular formula is C11H10Cl2O3.